The number of aliphatic hydroxyl groups excluding tert-OH is 1. The minimum Gasteiger partial charge on any atom is -0.490 e. The van der Waals surface area contributed by atoms with Crippen LogP contribution in [-0.2, 0) is 0 Å². The van der Waals surface area contributed by atoms with Crippen molar-refractivity contribution in [2.24, 2.45) is 0 Å². The molecule has 22 heavy (non-hydrogen) atoms. The van der Waals surface area contributed by atoms with Crippen LogP contribution in [0.3, 0.4) is 0 Å². The summed E-state index contributed by atoms with van der Waals surface area (Å²) in [5, 5.41) is 12.3. The van der Waals surface area contributed by atoms with E-state index in [4.69, 9.17) is 4.74 Å². The quantitative estimate of drug-likeness (QED) is 0.824. The standard InChI is InChI=1S/C19H25NO2/c1-14-9-10-15(2)19(11-14)22-13-18(21)12-20-16(3)17-7-5-4-6-8-17/h4-11,16,18,20-21H,12-13H2,1-3H3/p+1/t16-,18-/m0/s1. The first-order valence-corrected chi connectivity index (χ1v) is 7.82. The maximum Gasteiger partial charge on any atom is 0.137 e. The molecule has 2 atom stereocenters. The molecule has 0 heterocycles. The van der Waals surface area contributed by atoms with Crippen molar-refractivity contribution in [2.45, 2.75) is 32.9 Å². The summed E-state index contributed by atoms with van der Waals surface area (Å²) in [5.41, 5.74) is 3.53. The Morgan fingerprint density at radius 1 is 1.09 bits per heavy atom. The number of benzene rings is 2. The number of hydrogen-bond acceptors (Lipinski definition) is 2. The first kappa shape index (κ1) is 16.5. The van der Waals surface area contributed by atoms with E-state index in [1.54, 1.807) is 0 Å². The van der Waals surface area contributed by atoms with Crippen molar-refractivity contribution in [2.75, 3.05) is 13.2 Å². The number of quaternary nitrogens is 1. The number of hydrogen-bond donors (Lipinski definition) is 2. The van der Waals surface area contributed by atoms with Crippen LogP contribution in [0.2, 0.25) is 0 Å². The molecule has 0 spiro atoms. The predicted octanol–water partition coefficient (Wildman–Crippen LogP) is 2.37. The first-order chi connectivity index (χ1) is 10.6. The van der Waals surface area contributed by atoms with E-state index in [-0.39, 0.29) is 0 Å². The van der Waals surface area contributed by atoms with Gasteiger partial charge < -0.3 is 15.2 Å². The average Bonchev–Trinajstić information content (AvgIpc) is 2.54. The van der Waals surface area contributed by atoms with E-state index in [1.165, 1.54) is 11.1 Å². The van der Waals surface area contributed by atoms with Gasteiger partial charge in [-0.25, -0.2) is 0 Å². The summed E-state index contributed by atoms with van der Waals surface area (Å²) < 4.78 is 5.75. The highest BCUT2D eigenvalue weighted by molar-refractivity contribution is 5.35. The Morgan fingerprint density at radius 2 is 1.82 bits per heavy atom. The van der Waals surface area contributed by atoms with Gasteiger partial charge in [-0.1, -0.05) is 42.5 Å². The lowest BCUT2D eigenvalue weighted by Gasteiger charge is -2.16. The number of aryl methyl sites for hydroxylation is 2. The number of aliphatic hydroxyl groups is 1. The summed E-state index contributed by atoms with van der Waals surface area (Å²) in [7, 11) is 0. The molecule has 0 aromatic heterocycles. The fourth-order valence-corrected chi connectivity index (χ4v) is 2.37. The summed E-state index contributed by atoms with van der Waals surface area (Å²) in [6.07, 6.45) is -0.480. The highest BCUT2D eigenvalue weighted by Gasteiger charge is 2.13. The van der Waals surface area contributed by atoms with Gasteiger partial charge in [-0.2, -0.15) is 0 Å². The van der Waals surface area contributed by atoms with Gasteiger partial charge in [0.05, 0.1) is 0 Å². The van der Waals surface area contributed by atoms with Crippen LogP contribution in [0.25, 0.3) is 0 Å². The van der Waals surface area contributed by atoms with Gasteiger partial charge in [0.25, 0.3) is 0 Å². The molecule has 0 radical (unpaired) electrons. The largest absolute Gasteiger partial charge is 0.490 e. The SMILES string of the molecule is Cc1ccc(C)c(OC[C@@H](O)C[NH2+][C@@H](C)c2ccccc2)c1. The van der Waals surface area contributed by atoms with E-state index in [0.29, 0.717) is 19.2 Å². The second-order valence-electron chi connectivity index (χ2n) is 5.90. The molecule has 0 amide bonds. The number of nitrogens with two attached hydrogens (primary N) is 1. The van der Waals surface area contributed by atoms with Gasteiger partial charge in [-0.3, -0.25) is 0 Å². The van der Waals surface area contributed by atoms with Crippen LogP contribution in [-0.4, -0.2) is 24.4 Å². The van der Waals surface area contributed by atoms with Crippen molar-refractivity contribution in [3.05, 3.63) is 65.2 Å². The van der Waals surface area contributed by atoms with Gasteiger partial charge in [0, 0.05) is 5.56 Å². The molecule has 118 valence electrons. The average molecular weight is 300 g/mol. The van der Waals surface area contributed by atoms with E-state index < -0.39 is 6.10 Å². The molecule has 3 N–H and O–H groups in total. The third kappa shape index (κ3) is 4.86. The van der Waals surface area contributed by atoms with E-state index >= 15 is 0 Å². The maximum absolute atomic E-state index is 10.1. The molecule has 0 aliphatic rings. The van der Waals surface area contributed by atoms with Crippen molar-refractivity contribution >= 4 is 0 Å². The van der Waals surface area contributed by atoms with Gasteiger partial charge >= 0.3 is 0 Å². The Bertz CT molecular complexity index is 583. The van der Waals surface area contributed by atoms with Crippen LogP contribution >= 0.6 is 0 Å². The van der Waals surface area contributed by atoms with Crippen LogP contribution < -0.4 is 10.1 Å². The Hall–Kier alpha value is -1.84. The van der Waals surface area contributed by atoms with Gasteiger partial charge in [0.15, 0.2) is 0 Å². The normalized spacial score (nSPS) is 13.6. The van der Waals surface area contributed by atoms with Crippen LogP contribution in [0.5, 0.6) is 5.75 Å². The third-order valence-electron chi connectivity index (χ3n) is 3.86. The van der Waals surface area contributed by atoms with Gasteiger partial charge in [0.2, 0.25) is 0 Å². The topological polar surface area (TPSA) is 46.1 Å². The van der Waals surface area contributed by atoms with Crippen LogP contribution in [0.1, 0.15) is 29.7 Å². The summed E-state index contributed by atoms with van der Waals surface area (Å²) >= 11 is 0. The summed E-state index contributed by atoms with van der Waals surface area (Å²) in [5.74, 6) is 0.857. The molecule has 0 aliphatic carbocycles. The number of rotatable bonds is 7. The smallest absolute Gasteiger partial charge is 0.137 e. The van der Waals surface area contributed by atoms with Crippen molar-refractivity contribution in [3.8, 4) is 5.75 Å². The zero-order chi connectivity index (χ0) is 15.9. The molecule has 3 nitrogen and oxygen atoms in total. The Labute approximate surface area is 133 Å². The molecule has 2 aromatic rings. The van der Waals surface area contributed by atoms with Crippen molar-refractivity contribution < 1.29 is 15.2 Å². The molecule has 0 fully saturated rings. The van der Waals surface area contributed by atoms with E-state index in [2.05, 4.69) is 30.4 Å². The highest BCUT2D eigenvalue weighted by atomic mass is 16.5. The molecule has 2 aromatic carbocycles. The van der Waals surface area contributed by atoms with Crippen LogP contribution in [0.4, 0.5) is 0 Å². The zero-order valence-corrected chi connectivity index (χ0v) is 13.6. The van der Waals surface area contributed by atoms with Crippen molar-refractivity contribution in [1.29, 1.82) is 0 Å². The molecule has 3 heteroatoms. The Kier molecular flexibility index (Phi) is 5.99. The lowest BCUT2D eigenvalue weighted by molar-refractivity contribution is -0.698. The van der Waals surface area contributed by atoms with E-state index in [1.807, 2.05) is 44.2 Å². The molecular formula is C19H26NO2+. The molecule has 0 saturated carbocycles. The third-order valence-corrected chi connectivity index (χ3v) is 3.86. The number of ether oxygens (including phenoxy) is 1. The van der Waals surface area contributed by atoms with Gasteiger partial charge in [-0.15, -0.1) is 0 Å². The lowest BCUT2D eigenvalue weighted by atomic mass is 10.1. The molecule has 2 rings (SSSR count). The van der Waals surface area contributed by atoms with Gasteiger partial charge in [0.1, 0.15) is 31.0 Å². The zero-order valence-electron chi connectivity index (χ0n) is 13.6. The second kappa shape index (κ2) is 7.97. The van der Waals surface area contributed by atoms with Crippen LogP contribution in [0, 0.1) is 13.8 Å². The van der Waals surface area contributed by atoms with Crippen LogP contribution in [0.15, 0.2) is 48.5 Å². The summed E-state index contributed by atoms with van der Waals surface area (Å²) in [6, 6.07) is 16.8. The second-order valence-corrected chi connectivity index (χ2v) is 5.90. The molecular weight excluding hydrogens is 274 g/mol. The minimum atomic E-state index is -0.480. The van der Waals surface area contributed by atoms with Crippen molar-refractivity contribution in [3.63, 3.8) is 0 Å². The monoisotopic (exact) mass is 300 g/mol. The molecule has 0 unspecified atom stereocenters. The summed E-state index contributed by atoms with van der Waals surface area (Å²) in [4.78, 5) is 0. The maximum atomic E-state index is 10.1. The highest BCUT2D eigenvalue weighted by Crippen LogP contribution is 2.19. The Morgan fingerprint density at radius 3 is 2.55 bits per heavy atom. The minimum absolute atomic E-state index is 0.322. The lowest BCUT2D eigenvalue weighted by Crippen LogP contribution is -2.87. The predicted molar refractivity (Wildman–Crippen MR) is 89.1 cm³/mol. The molecule has 0 bridgehead atoms. The van der Waals surface area contributed by atoms with Crippen molar-refractivity contribution in [1.82, 2.24) is 0 Å². The summed E-state index contributed by atoms with van der Waals surface area (Å²) in [6.45, 7) is 7.15. The molecule has 0 saturated heterocycles. The van der Waals surface area contributed by atoms with E-state index in [9.17, 15) is 5.11 Å². The fraction of sp³-hybridized carbons (Fsp3) is 0.368. The molecule has 0 aliphatic heterocycles. The van der Waals surface area contributed by atoms with Gasteiger partial charge in [-0.05, 0) is 38.0 Å². The van der Waals surface area contributed by atoms with E-state index in [0.717, 1.165) is 11.3 Å². The first-order valence-electron chi connectivity index (χ1n) is 7.82. The Balaban J connectivity index is 1.78. The fourth-order valence-electron chi connectivity index (χ4n) is 2.37.